The van der Waals surface area contributed by atoms with Crippen LogP contribution in [0.3, 0.4) is 0 Å². The summed E-state index contributed by atoms with van der Waals surface area (Å²) in [5.74, 6) is 2.56. The molecule has 4 rings (SSSR count). The summed E-state index contributed by atoms with van der Waals surface area (Å²) in [5, 5.41) is 3.43. The summed E-state index contributed by atoms with van der Waals surface area (Å²) in [6, 6.07) is 14.4. The molecule has 4 heteroatoms. The van der Waals surface area contributed by atoms with Crippen molar-refractivity contribution in [1.82, 2.24) is 14.7 Å². The lowest BCUT2D eigenvalue weighted by atomic mass is 9.97. The number of methoxy groups -OCH3 is 1. The van der Waals surface area contributed by atoms with Gasteiger partial charge >= 0.3 is 0 Å². The number of hydrogen-bond acceptors (Lipinski definition) is 3. The Morgan fingerprint density at radius 3 is 2.83 bits per heavy atom. The number of benzene rings is 1. The second kappa shape index (κ2) is 6.05. The lowest BCUT2D eigenvalue weighted by Gasteiger charge is -2.21. The highest BCUT2D eigenvalue weighted by molar-refractivity contribution is 5.78. The van der Waals surface area contributed by atoms with Gasteiger partial charge in [0.05, 0.1) is 18.3 Å². The third-order valence-corrected chi connectivity index (χ3v) is 4.62. The fraction of sp³-hybridized carbons (Fsp3) is 0.316. The SMILES string of the molecule is COc1cccc(-c2nc(C3CCNCC3)n3ccccc23)c1. The molecule has 0 unspecified atom stereocenters. The van der Waals surface area contributed by atoms with Crippen molar-refractivity contribution >= 4 is 5.52 Å². The first kappa shape index (κ1) is 14.3. The molecule has 2 aromatic heterocycles. The molecule has 0 aliphatic carbocycles. The molecule has 1 N–H and O–H groups in total. The van der Waals surface area contributed by atoms with E-state index in [4.69, 9.17) is 9.72 Å². The summed E-state index contributed by atoms with van der Waals surface area (Å²) in [5.41, 5.74) is 3.31. The molecular formula is C19H21N3O. The average Bonchev–Trinajstić information content (AvgIpc) is 3.02. The maximum absolute atomic E-state index is 5.37. The first-order valence-corrected chi connectivity index (χ1v) is 8.19. The zero-order chi connectivity index (χ0) is 15.6. The van der Waals surface area contributed by atoms with Crippen LogP contribution < -0.4 is 10.1 Å². The van der Waals surface area contributed by atoms with E-state index in [9.17, 15) is 0 Å². The van der Waals surface area contributed by atoms with Crippen LogP contribution in [0.4, 0.5) is 0 Å². The van der Waals surface area contributed by atoms with E-state index in [1.807, 2.05) is 12.1 Å². The van der Waals surface area contributed by atoms with Gasteiger partial charge in [-0.05, 0) is 50.2 Å². The van der Waals surface area contributed by atoms with Crippen LogP contribution in [0.5, 0.6) is 5.75 Å². The van der Waals surface area contributed by atoms with Crippen LogP contribution in [-0.2, 0) is 0 Å². The van der Waals surface area contributed by atoms with Gasteiger partial charge in [-0.1, -0.05) is 18.2 Å². The number of rotatable bonds is 3. The van der Waals surface area contributed by atoms with Gasteiger partial charge in [0.25, 0.3) is 0 Å². The number of nitrogens with zero attached hydrogens (tertiary/aromatic N) is 2. The summed E-state index contributed by atoms with van der Waals surface area (Å²) in [4.78, 5) is 5.04. The number of aromatic nitrogens is 2. The highest BCUT2D eigenvalue weighted by Gasteiger charge is 2.22. The minimum absolute atomic E-state index is 0.519. The van der Waals surface area contributed by atoms with E-state index in [1.54, 1.807) is 7.11 Å². The Balaban J connectivity index is 1.86. The number of hydrogen-bond donors (Lipinski definition) is 1. The van der Waals surface area contributed by atoms with Crippen molar-refractivity contribution < 1.29 is 4.74 Å². The van der Waals surface area contributed by atoms with E-state index in [0.29, 0.717) is 5.92 Å². The number of pyridine rings is 1. The molecule has 118 valence electrons. The van der Waals surface area contributed by atoms with E-state index < -0.39 is 0 Å². The summed E-state index contributed by atoms with van der Waals surface area (Å²) >= 11 is 0. The summed E-state index contributed by atoms with van der Waals surface area (Å²) in [7, 11) is 1.70. The maximum atomic E-state index is 5.37. The second-order valence-electron chi connectivity index (χ2n) is 6.03. The van der Waals surface area contributed by atoms with E-state index in [-0.39, 0.29) is 0 Å². The van der Waals surface area contributed by atoms with Crippen LogP contribution in [-0.4, -0.2) is 29.6 Å². The Labute approximate surface area is 136 Å². The lowest BCUT2D eigenvalue weighted by Crippen LogP contribution is -2.27. The molecule has 0 amide bonds. The summed E-state index contributed by atoms with van der Waals surface area (Å²) in [6.07, 6.45) is 4.42. The van der Waals surface area contributed by atoms with Crippen molar-refractivity contribution in [1.29, 1.82) is 0 Å². The largest absolute Gasteiger partial charge is 0.497 e. The second-order valence-corrected chi connectivity index (χ2v) is 6.03. The molecule has 3 heterocycles. The molecule has 1 fully saturated rings. The minimum atomic E-state index is 0.519. The van der Waals surface area contributed by atoms with Crippen molar-refractivity contribution in [2.75, 3.05) is 20.2 Å². The fourth-order valence-corrected chi connectivity index (χ4v) is 3.41. The lowest BCUT2D eigenvalue weighted by molar-refractivity contribution is 0.415. The quantitative estimate of drug-likeness (QED) is 0.805. The van der Waals surface area contributed by atoms with Gasteiger partial charge in [-0.2, -0.15) is 0 Å². The molecule has 23 heavy (non-hydrogen) atoms. The molecule has 0 bridgehead atoms. The minimum Gasteiger partial charge on any atom is -0.497 e. The van der Waals surface area contributed by atoms with Gasteiger partial charge in [0, 0.05) is 17.7 Å². The standard InChI is InChI=1S/C19H21N3O/c1-23-16-6-4-5-15(13-16)18-17-7-2-3-12-22(17)19(21-18)14-8-10-20-11-9-14/h2-7,12-14,20H,8-11H2,1H3. The van der Waals surface area contributed by atoms with Crippen molar-refractivity contribution in [2.45, 2.75) is 18.8 Å². The van der Waals surface area contributed by atoms with Crippen LogP contribution >= 0.6 is 0 Å². The Hall–Kier alpha value is -2.33. The smallest absolute Gasteiger partial charge is 0.119 e. The highest BCUT2D eigenvalue weighted by atomic mass is 16.5. The molecule has 0 radical (unpaired) electrons. The summed E-state index contributed by atoms with van der Waals surface area (Å²) in [6.45, 7) is 2.14. The number of nitrogens with one attached hydrogen (secondary N) is 1. The number of fused-ring (bicyclic) bond motifs is 1. The van der Waals surface area contributed by atoms with Gasteiger partial charge in [-0.15, -0.1) is 0 Å². The Morgan fingerprint density at radius 2 is 2.00 bits per heavy atom. The molecule has 4 nitrogen and oxygen atoms in total. The van der Waals surface area contributed by atoms with E-state index in [2.05, 4.69) is 46.2 Å². The van der Waals surface area contributed by atoms with Crippen molar-refractivity contribution in [2.24, 2.45) is 0 Å². The molecule has 3 aromatic rings. The molecule has 1 aliphatic rings. The number of ether oxygens (including phenoxy) is 1. The van der Waals surface area contributed by atoms with Crippen molar-refractivity contribution in [3.05, 3.63) is 54.5 Å². The van der Waals surface area contributed by atoms with Gasteiger partial charge < -0.3 is 14.5 Å². The first-order chi connectivity index (χ1) is 11.4. The van der Waals surface area contributed by atoms with Gasteiger partial charge in [0.1, 0.15) is 11.6 Å². The molecule has 1 aromatic carbocycles. The van der Waals surface area contributed by atoms with Gasteiger partial charge in [-0.3, -0.25) is 0 Å². The number of imidazole rings is 1. The van der Waals surface area contributed by atoms with Crippen LogP contribution in [0, 0.1) is 0 Å². The third-order valence-electron chi connectivity index (χ3n) is 4.62. The zero-order valence-electron chi connectivity index (χ0n) is 13.3. The van der Waals surface area contributed by atoms with Gasteiger partial charge in [0.15, 0.2) is 0 Å². The van der Waals surface area contributed by atoms with E-state index in [0.717, 1.165) is 48.5 Å². The molecule has 0 atom stereocenters. The highest BCUT2D eigenvalue weighted by Crippen LogP contribution is 2.32. The van der Waals surface area contributed by atoms with Crippen LogP contribution in [0.25, 0.3) is 16.8 Å². The van der Waals surface area contributed by atoms with E-state index >= 15 is 0 Å². The predicted octanol–water partition coefficient (Wildman–Crippen LogP) is 3.48. The average molecular weight is 307 g/mol. The normalized spacial score (nSPS) is 15.9. The molecule has 1 saturated heterocycles. The fourth-order valence-electron chi connectivity index (χ4n) is 3.41. The van der Waals surface area contributed by atoms with Crippen LogP contribution in [0.1, 0.15) is 24.6 Å². The molecule has 0 spiro atoms. The predicted molar refractivity (Wildman–Crippen MR) is 92.0 cm³/mol. The summed E-state index contributed by atoms with van der Waals surface area (Å²) < 4.78 is 7.62. The Morgan fingerprint density at radius 1 is 1.13 bits per heavy atom. The maximum Gasteiger partial charge on any atom is 0.119 e. The number of piperidine rings is 1. The van der Waals surface area contributed by atoms with Crippen LogP contribution in [0.2, 0.25) is 0 Å². The van der Waals surface area contributed by atoms with Gasteiger partial charge in [0.2, 0.25) is 0 Å². The van der Waals surface area contributed by atoms with Crippen LogP contribution in [0.15, 0.2) is 48.7 Å². The van der Waals surface area contributed by atoms with Gasteiger partial charge in [-0.25, -0.2) is 4.98 Å². The molecule has 1 aliphatic heterocycles. The third kappa shape index (κ3) is 2.59. The Bertz CT molecular complexity index is 818. The monoisotopic (exact) mass is 307 g/mol. The molecule has 0 saturated carbocycles. The Kier molecular flexibility index (Phi) is 3.75. The zero-order valence-corrected chi connectivity index (χ0v) is 13.3. The van der Waals surface area contributed by atoms with Crippen molar-refractivity contribution in [3.63, 3.8) is 0 Å². The topological polar surface area (TPSA) is 38.6 Å². The van der Waals surface area contributed by atoms with E-state index in [1.165, 1.54) is 5.82 Å². The molecular weight excluding hydrogens is 286 g/mol. The van der Waals surface area contributed by atoms with Crippen molar-refractivity contribution in [3.8, 4) is 17.0 Å². The first-order valence-electron chi connectivity index (χ1n) is 8.19.